The van der Waals surface area contributed by atoms with Crippen LogP contribution in [-0.2, 0) is 6.54 Å². The van der Waals surface area contributed by atoms with Crippen molar-refractivity contribution in [1.29, 1.82) is 0 Å². The van der Waals surface area contributed by atoms with Crippen molar-refractivity contribution in [1.82, 2.24) is 19.4 Å². The van der Waals surface area contributed by atoms with E-state index in [0.29, 0.717) is 19.0 Å². The SMILES string of the molecule is CCn1ccnc1C1CCN(C(=O)c2c[nH]c(=O)cc2O)CC1. The molecule has 7 nitrogen and oxygen atoms in total. The molecule has 0 radical (unpaired) electrons. The summed E-state index contributed by atoms with van der Waals surface area (Å²) < 4.78 is 2.13. The summed E-state index contributed by atoms with van der Waals surface area (Å²) >= 11 is 0. The lowest BCUT2D eigenvalue weighted by Gasteiger charge is -2.32. The van der Waals surface area contributed by atoms with E-state index < -0.39 is 5.56 Å². The van der Waals surface area contributed by atoms with Gasteiger partial charge in [-0.1, -0.05) is 0 Å². The molecule has 0 saturated carbocycles. The number of hydrogen-bond donors (Lipinski definition) is 2. The Hall–Kier alpha value is -2.57. The fourth-order valence-electron chi connectivity index (χ4n) is 3.09. The topological polar surface area (TPSA) is 91.2 Å². The molecule has 0 aromatic carbocycles. The first kappa shape index (κ1) is 15.3. The third-order valence-corrected chi connectivity index (χ3v) is 4.37. The van der Waals surface area contributed by atoms with E-state index in [9.17, 15) is 14.7 Å². The molecule has 2 N–H and O–H groups in total. The average molecular weight is 316 g/mol. The highest BCUT2D eigenvalue weighted by atomic mass is 16.3. The van der Waals surface area contributed by atoms with E-state index in [1.54, 1.807) is 4.90 Å². The van der Waals surface area contributed by atoms with Crippen molar-refractivity contribution in [3.05, 3.63) is 46.4 Å². The standard InChI is InChI=1S/C16H20N4O3/c1-2-19-8-5-17-15(19)11-3-6-20(7-4-11)16(23)12-10-18-14(22)9-13(12)21/h5,8-11H,2-4,6-7H2,1H3,(H2,18,21,22). The minimum atomic E-state index is -0.427. The minimum absolute atomic E-state index is 0.137. The molecule has 1 fully saturated rings. The molecule has 0 spiro atoms. The van der Waals surface area contributed by atoms with Crippen LogP contribution in [0, 0.1) is 0 Å². The number of rotatable bonds is 3. The number of nitrogens with zero attached hydrogens (tertiary/aromatic N) is 3. The van der Waals surface area contributed by atoms with Gasteiger partial charge in [0.25, 0.3) is 11.5 Å². The normalized spacial score (nSPS) is 15.8. The summed E-state index contributed by atoms with van der Waals surface area (Å²) in [6.45, 7) is 4.19. The van der Waals surface area contributed by atoms with Gasteiger partial charge in [0.1, 0.15) is 11.6 Å². The summed E-state index contributed by atoms with van der Waals surface area (Å²) in [5.74, 6) is 0.892. The van der Waals surface area contributed by atoms with Crippen molar-refractivity contribution in [3.63, 3.8) is 0 Å². The third kappa shape index (κ3) is 2.99. The molecule has 0 atom stereocenters. The number of aromatic amines is 1. The second kappa shape index (κ2) is 6.28. The summed E-state index contributed by atoms with van der Waals surface area (Å²) in [4.78, 5) is 32.2. The summed E-state index contributed by atoms with van der Waals surface area (Å²) in [7, 11) is 0. The molecule has 1 saturated heterocycles. The minimum Gasteiger partial charge on any atom is -0.507 e. The highest BCUT2D eigenvalue weighted by Crippen LogP contribution is 2.28. The van der Waals surface area contributed by atoms with Crippen molar-refractivity contribution in [2.75, 3.05) is 13.1 Å². The molecule has 0 unspecified atom stereocenters. The van der Waals surface area contributed by atoms with E-state index in [1.807, 2.05) is 12.4 Å². The Morgan fingerprint density at radius 1 is 1.43 bits per heavy atom. The zero-order valence-electron chi connectivity index (χ0n) is 13.0. The molecule has 23 heavy (non-hydrogen) atoms. The van der Waals surface area contributed by atoms with Crippen LogP contribution in [0.15, 0.2) is 29.5 Å². The lowest BCUT2D eigenvalue weighted by molar-refractivity contribution is 0.0707. The Balaban J connectivity index is 1.69. The highest BCUT2D eigenvalue weighted by molar-refractivity contribution is 5.96. The molecule has 2 aromatic rings. The number of piperidine rings is 1. The molecule has 0 bridgehead atoms. The van der Waals surface area contributed by atoms with Crippen LogP contribution in [0.5, 0.6) is 5.75 Å². The number of nitrogens with one attached hydrogen (secondary N) is 1. The maximum atomic E-state index is 12.5. The van der Waals surface area contributed by atoms with Gasteiger partial charge < -0.3 is 19.6 Å². The van der Waals surface area contributed by atoms with Gasteiger partial charge in [-0.15, -0.1) is 0 Å². The number of aryl methyl sites for hydroxylation is 1. The highest BCUT2D eigenvalue weighted by Gasteiger charge is 2.27. The molecule has 122 valence electrons. The van der Waals surface area contributed by atoms with Crippen molar-refractivity contribution in [2.24, 2.45) is 0 Å². The van der Waals surface area contributed by atoms with E-state index >= 15 is 0 Å². The summed E-state index contributed by atoms with van der Waals surface area (Å²) in [5, 5.41) is 9.78. The van der Waals surface area contributed by atoms with E-state index in [4.69, 9.17) is 0 Å². The van der Waals surface area contributed by atoms with Crippen molar-refractivity contribution in [3.8, 4) is 5.75 Å². The quantitative estimate of drug-likeness (QED) is 0.893. The molecule has 3 heterocycles. The van der Waals surface area contributed by atoms with Crippen molar-refractivity contribution >= 4 is 5.91 Å². The maximum Gasteiger partial charge on any atom is 0.259 e. The van der Waals surface area contributed by atoms with Gasteiger partial charge in [-0.3, -0.25) is 9.59 Å². The average Bonchev–Trinajstić information content (AvgIpc) is 3.03. The molecule has 7 heteroatoms. The molecule has 0 aliphatic carbocycles. The molecule has 2 aromatic heterocycles. The van der Waals surface area contributed by atoms with Gasteiger partial charge >= 0.3 is 0 Å². The van der Waals surface area contributed by atoms with Crippen LogP contribution in [0.1, 0.15) is 41.9 Å². The second-order valence-corrected chi connectivity index (χ2v) is 5.73. The van der Waals surface area contributed by atoms with Gasteiger partial charge in [0.2, 0.25) is 0 Å². The summed E-state index contributed by atoms with van der Waals surface area (Å²) in [5.41, 5.74) is -0.290. The monoisotopic (exact) mass is 316 g/mol. The Morgan fingerprint density at radius 2 is 2.17 bits per heavy atom. The van der Waals surface area contributed by atoms with Crippen LogP contribution in [0.25, 0.3) is 0 Å². The Bertz CT molecular complexity index is 757. The van der Waals surface area contributed by atoms with Crippen LogP contribution in [0.4, 0.5) is 0 Å². The second-order valence-electron chi connectivity index (χ2n) is 5.73. The number of likely N-dealkylation sites (tertiary alicyclic amines) is 1. The van der Waals surface area contributed by atoms with E-state index in [1.165, 1.54) is 6.20 Å². The lowest BCUT2D eigenvalue weighted by Crippen LogP contribution is -2.38. The number of aromatic hydroxyl groups is 1. The molecule has 3 rings (SSSR count). The fraction of sp³-hybridized carbons (Fsp3) is 0.438. The van der Waals surface area contributed by atoms with Gasteiger partial charge in [0.15, 0.2) is 0 Å². The predicted octanol–water partition coefficient (Wildman–Crippen LogP) is 1.32. The molecule has 1 amide bonds. The number of carbonyl (C=O) groups excluding carboxylic acids is 1. The van der Waals surface area contributed by atoms with Gasteiger partial charge in [0.05, 0.1) is 5.56 Å². The molecule has 1 aliphatic heterocycles. The molecular formula is C16H20N4O3. The number of carbonyl (C=O) groups is 1. The number of pyridine rings is 1. The summed E-state index contributed by atoms with van der Waals surface area (Å²) in [6, 6.07) is 1.03. The van der Waals surface area contributed by atoms with Crippen LogP contribution < -0.4 is 5.56 Å². The zero-order chi connectivity index (χ0) is 16.4. The summed E-state index contributed by atoms with van der Waals surface area (Å²) in [6.07, 6.45) is 6.75. The number of hydrogen-bond acceptors (Lipinski definition) is 4. The first-order chi connectivity index (χ1) is 11.1. The van der Waals surface area contributed by atoms with E-state index in [-0.39, 0.29) is 17.2 Å². The Kier molecular flexibility index (Phi) is 4.18. The van der Waals surface area contributed by atoms with Gasteiger partial charge in [-0.05, 0) is 19.8 Å². The van der Waals surface area contributed by atoms with Gasteiger partial charge in [-0.25, -0.2) is 4.98 Å². The number of amides is 1. The largest absolute Gasteiger partial charge is 0.507 e. The smallest absolute Gasteiger partial charge is 0.259 e. The zero-order valence-corrected chi connectivity index (χ0v) is 13.0. The number of imidazole rings is 1. The van der Waals surface area contributed by atoms with Crippen molar-refractivity contribution in [2.45, 2.75) is 32.2 Å². The number of aromatic nitrogens is 3. The maximum absolute atomic E-state index is 12.5. The Morgan fingerprint density at radius 3 is 2.83 bits per heavy atom. The van der Waals surface area contributed by atoms with Gasteiger partial charge in [-0.2, -0.15) is 0 Å². The number of H-pyrrole nitrogens is 1. The predicted molar refractivity (Wildman–Crippen MR) is 84.5 cm³/mol. The van der Waals surface area contributed by atoms with Crippen LogP contribution in [0.2, 0.25) is 0 Å². The lowest BCUT2D eigenvalue weighted by atomic mass is 9.95. The molecular weight excluding hydrogens is 296 g/mol. The molecule has 1 aliphatic rings. The first-order valence-corrected chi connectivity index (χ1v) is 7.82. The van der Waals surface area contributed by atoms with Crippen LogP contribution in [-0.4, -0.2) is 43.5 Å². The fourth-order valence-corrected chi connectivity index (χ4v) is 3.09. The Labute approximate surface area is 133 Å². The van der Waals surface area contributed by atoms with E-state index in [2.05, 4.69) is 21.5 Å². The third-order valence-electron chi connectivity index (χ3n) is 4.37. The first-order valence-electron chi connectivity index (χ1n) is 7.82. The van der Waals surface area contributed by atoms with Crippen molar-refractivity contribution < 1.29 is 9.90 Å². The van der Waals surface area contributed by atoms with E-state index in [0.717, 1.165) is 31.3 Å². The van der Waals surface area contributed by atoms with Crippen LogP contribution in [0.3, 0.4) is 0 Å². The van der Waals surface area contributed by atoms with Crippen LogP contribution >= 0.6 is 0 Å². The van der Waals surface area contributed by atoms with Gasteiger partial charge in [0, 0.05) is 50.2 Å².